The first-order chi connectivity index (χ1) is 15.8. The Kier molecular flexibility index (Phi) is 5.94. The molecule has 4 rings (SSSR count). The van der Waals surface area contributed by atoms with Gasteiger partial charge in [0.1, 0.15) is 22.1 Å². The summed E-state index contributed by atoms with van der Waals surface area (Å²) in [5.41, 5.74) is 6.86. The number of carbonyl (C=O) groups is 1. The van der Waals surface area contributed by atoms with Crippen molar-refractivity contribution in [1.82, 2.24) is 4.57 Å². The largest absolute Gasteiger partial charge is 0.463 e. The predicted molar refractivity (Wildman–Crippen MR) is 120 cm³/mol. The van der Waals surface area contributed by atoms with Crippen molar-refractivity contribution in [1.29, 1.82) is 5.26 Å². The van der Waals surface area contributed by atoms with E-state index in [-0.39, 0.29) is 32.8 Å². The van der Waals surface area contributed by atoms with Gasteiger partial charge in [-0.1, -0.05) is 24.3 Å². The minimum Gasteiger partial charge on any atom is -0.463 e. The van der Waals surface area contributed by atoms with Gasteiger partial charge in [-0.2, -0.15) is 5.26 Å². The smallest absolute Gasteiger partial charge is 0.338 e. The van der Waals surface area contributed by atoms with Crippen LogP contribution in [0, 0.1) is 23.0 Å². The molecule has 2 heterocycles. The number of fused-ring (bicyclic) bond motifs is 1. The number of nitrogens with zero attached hydrogens (tertiary/aromatic N) is 2. The molecular formula is C24H17F2N3O3S. The Morgan fingerprint density at radius 2 is 1.79 bits per heavy atom. The molecule has 9 heteroatoms. The van der Waals surface area contributed by atoms with Crippen LogP contribution in [0.25, 0.3) is 17.5 Å². The molecular weight excluding hydrogens is 448 g/mol. The number of rotatable bonds is 4. The molecule has 0 saturated carbocycles. The molecule has 2 N–H and O–H groups in total. The molecule has 3 aromatic rings. The number of ether oxygens (including phenoxy) is 1. The molecule has 6 nitrogen and oxygen atoms in total. The lowest BCUT2D eigenvalue weighted by atomic mass is 9.84. The first kappa shape index (κ1) is 22.2. The standard InChI is InChI=1S/C24H17F2N3O3S/c1-2-32-24(31)20-19(14-5-9-16(26)10-6-14)17(12-27)23-29(21(20)28)22(30)18(33-23)11-13-3-7-15(25)8-4-13/h3-11,19H,2,28H2,1H3/t19-/m0/s1. The number of hydrogen-bond acceptors (Lipinski definition) is 6. The van der Waals surface area contributed by atoms with Crippen LogP contribution in [0.2, 0.25) is 0 Å². The van der Waals surface area contributed by atoms with Crippen LogP contribution in [0.1, 0.15) is 24.0 Å². The molecule has 0 fully saturated rings. The van der Waals surface area contributed by atoms with Crippen molar-refractivity contribution in [2.24, 2.45) is 5.73 Å². The van der Waals surface area contributed by atoms with Crippen LogP contribution < -0.4 is 20.5 Å². The van der Waals surface area contributed by atoms with E-state index in [0.717, 1.165) is 15.9 Å². The fourth-order valence-corrected chi connectivity index (χ4v) is 4.79. The minimum absolute atomic E-state index is 0.0582. The van der Waals surface area contributed by atoms with E-state index in [1.807, 2.05) is 0 Å². The Bertz CT molecular complexity index is 1490. The van der Waals surface area contributed by atoms with Crippen molar-refractivity contribution in [3.63, 3.8) is 0 Å². The van der Waals surface area contributed by atoms with E-state index in [1.165, 1.54) is 48.5 Å². The second-order valence-electron chi connectivity index (χ2n) is 7.14. The fraction of sp³-hybridized carbons (Fsp3) is 0.125. The molecule has 33 heavy (non-hydrogen) atoms. The van der Waals surface area contributed by atoms with E-state index >= 15 is 0 Å². The first-order valence-electron chi connectivity index (χ1n) is 9.91. The van der Waals surface area contributed by atoms with Gasteiger partial charge in [-0.25, -0.2) is 13.6 Å². The van der Waals surface area contributed by atoms with Crippen molar-refractivity contribution in [3.05, 3.63) is 96.4 Å². The van der Waals surface area contributed by atoms with Gasteiger partial charge in [-0.15, -0.1) is 11.3 Å². The number of nitrogens with two attached hydrogens (primary N) is 1. The molecule has 1 aromatic heterocycles. The zero-order valence-corrected chi connectivity index (χ0v) is 18.2. The lowest BCUT2D eigenvalue weighted by molar-refractivity contribution is -0.138. The molecule has 1 aliphatic rings. The van der Waals surface area contributed by atoms with Crippen molar-refractivity contribution in [2.45, 2.75) is 12.8 Å². The molecule has 0 bridgehead atoms. The van der Waals surface area contributed by atoms with Gasteiger partial charge in [0.2, 0.25) is 0 Å². The lowest BCUT2D eigenvalue weighted by Gasteiger charge is -2.25. The van der Waals surface area contributed by atoms with Crippen molar-refractivity contribution in [3.8, 4) is 6.07 Å². The number of benzene rings is 2. The van der Waals surface area contributed by atoms with E-state index in [0.29, 0.717) is 11.1 Å². The number of esters is 1. The van der Waals surface area contributed by atoms with Crippen LogP contribution in [0.5, 0.6) is 0 Å². The molecule has 1 aliphatic heterocycles. The summed E-state index contributed by atoms with van der Waals surface area (Å²) in [5, 5.41) is 10.0. The van der Waals surface area contributed by atoms with E-state index < -0.39 is 29.1 Å². The molecule has 166 valence electrons. The Morgan fingerprint density at radius 3 is 2.36 bits per heavy atom. The molecule has 0 saturated heterocycles. The fourth-order valence-electron chi connectivity index (χ4n) is 3.66. The highest BCUT2D eigenvalue weighted by atomic mass is 32.1. The Labute approximate surface area is 190 Å². The number of halogens is 2. The predicted octanol–water partition coefficient (Wildman–Crippen LogP) is 2.18. The maximum atomic E-state index is 13.5. The van der Waals surface area contributed by atoms with Crippen LogP contribution in [-0.4, -0.2) is 17.1 Å². The summed E-state index contributed by atoms with van der Waals surface area (Å²) < 4.78 is 33.6. The lowest BCUT2D eigenvalue weighted by Crippen LogP contribution is -2.40. The van der Waals surface area contributed by atoms with Gasteiger partial charge in [-0.05, 0) is 48.4 Å². The Morgan fingerprint density at radius 1 is 1.18 bits per heavy atom. The summed E-state index contributed by atoms with van der Waals surface area (Å²) in [5.74, 6) is -2.76. The molecule has 1 atom stereocenters. The number of carbonyl (C=O) groups excluding carboxylic acids is 1. The second kappa shape index (κ2) is 8.84. The van der Waals surface area contributed by atoms with Crippen LogP contribution in [0.3, 0.4) is 0 Å². The first-order valence-corrected chi connectivity index (χ1v) is 10.7. The van der Waals surface area contributed by atoms with Crippen LogP contribution in [0.4, 0.5) is 8.78 Å². The molecule has 0 spiro atoms. The summed E-state index contributed by atoms with van der Waals surface area (Å²) in [6, 6.07) is 13.0. The topological polar surface area (TPSA) is 98.1 Å². The van der Waals surface area contributed by atoms with Gasteiger partial charge in [0.15, 0.2) is 0 Å². The maximum Gasteiger partial charge on any atom is 0.338 e. The van der Waals surface area contributed by atoms with Gasteiger partial charge in [0.25, 0.3) is 5.56 Å². The number of nitriles is 1. The molecule has 0 amide bonds. The SMILES string of the molecule is CCOC(=O)C1=C(N)n2c(sc(=Cc3ccc(F)cc3)c2=O)=C(C#N)[C@@H]1c1ccc(F)cc1. The highest BCUT2D eigenvalue weighted by Gasteiger charge is 2.36. The van der Waals surface area contributed by atoms with Gasteiger partial charge >= 0.3 is 5.97 Å². The van der Waals surface area contributed by atoms with Crippen molar-refractivity contribution >= 4 is 34.8 Å². The average molecular weight is 465 g/mol. The Hall–Kier alpha value is -4.03. The average Bonchev–Trinajstić information content (AvgIpc) is 3.12. The minimum atomic E-state index is -0.939. The highest BCUT2D eigenvalue weighted by Crippen LogP contribution is 2.36. The summed E-state index contributed by atoms with van der Waals surface area (Å²) in [6.07, 6.45) is 1.55. The number of thiazole rings is 1. The quantitative estimate of drug-likeness (QED) is 0.596. The highest BCUT2D eigenvalue weighted by molar-refractivity contribution is 7.07. The number of aromatic nitrogens is 1. The van der Waals surface area contributed by atoms with E-state index in [1.54, 1.807) is 13.0 Å². The monoisotopic (exact) mass is 465 g/mol. The third-order valence-electron chi connectivity index (χ3n) is 5.14. The van der Waals surface area contributed by atoms with Crippen molar-refractivity contribution in [2.75, 3.05) is 6.61 Å². The van der Waals surface area contributed by atoms with Gasteiger partial charge in [0, 0.05) is 0 Å². The normalized spacial score (nSPS) is 15.9. The third-order valence-corrected chi connectivity index (χ3v) is 6.24. The van der Waals surface area contributed by atoms with E-state index in [2.05, 4.69) is 6.07 Å². The molecule has 0 unspecified atom stereocenters. The van der Waals surface area contributed by atoms with Crippen LogP contribution >= 0.6 is 11.3 Å². The zero-order valence-electron chi connectivity index (χ0n) is 17.3. The van der Waals surface area contributed by atoms with E-state index in [9.17, 15) is 23.6 Å². The summed E-state index contributed by atoms with van der Waals surface area (Å²) >= 11 is 1.03. The zero-order chi connectivity index (χ0) is 23.7. The van der Waals surface area contributed by atoms with E-state index in [4.69, 9.17) is 10.5 Å². The third kappa shape index (κ3) is 3.97. The molecule has 0 aliphatic carbocycles. The summed E-state index contributed by atoms with van der Waals surface area (Å²) in [6.45, 7) is 1.68. The van der Waals surface area contributed by atoms with Gasteiger partial charge < -0.3 is 10.5 Å². The van der Waals surface area contributed by atoms with Crippen LogP contribution in [0.15, 0.2) is 58.9 Å². The Balaban J connectivity index is 2.05. The summed E-state index contributed by atoms with van der Waals surface area (Å²) in [7, 11) is 0. The molecule has 0 radical (unpaired) electrons. The van der Waals surface area contributed by atoms with Gasteiger partial charge in [0.05, 0.1) is 34.3 Å². The maximum absolute atomic E-state index is 13.5. The number of hydrogen-bond donors (Lipinski definition) is 1. The van der Waals surface area contributed by atoms with Crippen molar-refractivity contribution < 1.29 is 18.3 Å². The molecule has 2 aromatic carbocycles. The van der Waals surface area contributed by atoms with Crippen LogP contribution in [-0.2, 0) is 9.53 Å². The van der Waals surface area contributed by atoms with Gasteiger partial charge in [-0.3, -0.25) is 9.36 Å². The summed E-state index contributed by atoms with van der Waals surface area (Å²) in [4.78, 5) is 26.1. The second-order valence-corrected chi connectivity index (χ2v) is 8.17.